The highest BCUT2D eigenvalue weighted by atomic mass is 16.4. The first-order chi connectivity index (χ1) is 9.08. The maximum Gasteiger partial charge on any atom is 0.308 e. The molecule has 0 aliphatic rings. The summed E-state index contributed by atoms with van der Waals surface area (Å²) in [6.07, 6.45) is 4.43. The van der Waals surface area contributed by atoms with Gasteiger partial charge in [-0.05, 0) is 6.42 Å². The Bertz CT molecular complexity index is 430. The minimum atomic E-state index is -0.893. The molecule has 7 nitrogen and oxygen atoms in total. The van der Waals surface area contributed by atoms with E-state index in [-0.39, 0.29) is 18.1 Å². The van der Waals surface area contributed by atoms with Crippen molar-refractivity contribution >= 4 is 11.9 Å². The van der Waals surface area contributed by atoms with Gasteiger partial charge in [-0.15, -0.1) is 0 Å². The molecule has 0 saturated heterocycles. The molecule has 0 aromatic carbocycles. The van der Waals surface area contributed by atoms with Crippen molar-refractivity contribution in [1.29, 1.82) is 0 Å². The molecular formula is C12H20N4O3. The van der Waals surface area contributed by atoms with Crippen LogP contribution in [0.2, 0.25) is 0 Å². The van der Waals surface area contributed by atoms with E-state index in [1.54, 1.807) is 10.8 Å². The molecule has 0 saturated carbocycles. The zero-order valence-corrected chi connectivity index (χ0v) is 11.0. The van der Waals surface area contributed by atoms with Crippen molar-refractivity contribution in [3.63, 3.8) is 0 Å². The normalized spacial score (nSPS) is 12.1. The third-order valence-corrected chi connectivity index (χ3v) is 2.75. The molecule has 1 aromatic rings. The summed E-state index contributed by atoms with van der Waals surface area (Å²) < 4.78 is 1.72. The minimum absolute atomic E-state index is 0.117. The largest absolute Gasteiger partial charge is 0.481 e. The number of nitrogens with one attached hydrogen (secondary N) is 1. The second kappa shape index (κ2) is 7.52. The van der Waals surface area contributed by atoms with Crippen molar-refractivity contribution in [2.24, 2.45) is 11.7 Å². The SMILES string of the molecule is CCCC(CNC(=O)c1cn(CCN)cn1)C(=O)O. The molecule has 0 spiro atoms. The highest BCUT2D eigenvalue weighted by Crippen LogP contribution is 2.05. The molecule has 1 amide bonds. The second-order valence-corrected chi connectivity index (χ2v) is 4.32. The summed E-state index contributed by atoms with van der Waals surface area (Å²) in [4.78, 5) is 26.7. The first kappa shape index (κ1) is 15.2. The Morgan fingerprint density at radius 3 is 2.89 bits per heavy atom. The highest BCUT2D eigenvalue weighted by molar-refractivity contribution is 5.92. The van der Waals surface area contributed by atoms with Gasteiger partial charge in [-0.3, -0.25) is 9.59 Å². The molecule has 0 bridgehead atoms. The molecule has 1 unspecified atom stereocenters. The third kappa shape index (κ3) is 4.70. The van der Waals surface area contributed by atoms with Gasteiger partial charge in [0, 0.05) is 25.8 Å². The van der Waals surface area contributed by atoms with Crippen LogP contribution in [0.5, 0.6) is 0 Å². The Hall–Kier alpha value is -1.89. The summed E-state index contributed by atoms with van der Waals surface area (Å²) in [5.74, 6) is -1.81. The van der Waals surface area contributed by atoms with Gasteiger partial charge in [-0.2, -0.15) is 0 Å². The van der Waals surface area contributed by atoms with E-state index in [4.69, 9.17) is 10.8 Å². The Morgan fingerprint density at radius 2 is 2.32 bits per heavy atom. The van der Waals surface area contributed by atoms with E-state index in [0.29, 0.717) is 19.5 Å². The fourth-order valence-electron chi connectivity index (χ4n) is 1.72. The predicted octanol–water partition coefficient (Wildman–Crippen LogP) is 0.0725. The maximum absolute atomic E-state index is 11.8. The number of hydrogen-bond acceptors (Lipinski definition) is 4. The number of carboxylic acid groups (broad SMARTS) is 1. The van der Waals surface area contributed by atoms with Crippen molar-refractivity contribution in [1.82, 2.24) is 14.9 Å². The second-order valence-electron chi connectivity index (χ2n) is 4.32. The molecule has 1 atom stereocenters. The molecule has 7 heteroatoms. The third-order valence-electron chi connectivity index (χ3n) is 2.75. The van der Waals surface area contributed by atoms with E-state index in [0.717, 1.165) is 6.42 Å². The lowest BCUT2D eigenvalue weighted by Crippen LogP contribution is -2.33. The average molecular weight is 268 g/mol. The van der Waals surface area contributed by atoms with Gasteiger partial charge in [-0.1, -0.05) is 13.3 Å². The molecular weight excluding hydrogens is 248 g/mol. The van der Waals surface area contributed by atoms with E-state index in [9.17, 15) is 9.59 Å². The summed E-state index contributed by atoms with van der Waals surface area (Å²) in [6, 6.07) is 0. The quantitative estimate of drug-likeness (QED) is 0.618. The van der Waals surface area contributed by atoms with Gasteiger partial charge >= 0.3 is 5.97 Å². The summed E-state index contributed by atoms with van der Waals surface area (Å²) in [7, 11) is 0. The number of aliphatic carboxylic acids is 1. The lowest BCUT2D eigenvalue weighted by molar-refractivity contribution is -0.141. The minimum Gasteiger partial charge on any atom is -0.481 e. The van der Waals surface area contributed by atoms with Crippen molar-refractivity contribution in [2.75, 3.05) is 13.1 Å². The predicted molar refractivity (Wildman–Crippen MR) is 69.6 cm³/mol. The summed E-state index contributed by atoms with van der Waals surface area (Å²) in [5, 5.41) is 11.6. The van der Waals surface area contributed by atoms with Crippen molar-refractivity contribution in [3.8, 4) is 0 Å². The van der Waals surface area contributed by atoms with Gasteiger partial charge in [0.25, 0.3) is 5.91 Å². The van der Waals surface area contributed by atoms with Gasteiger partial charge < -0.3 is 20.7 Å². The average Bonchev–Trinajstić information content (AvgIpc) is 2.83. The van der Waals surface area contributed by atoms with E-state index < -0.39 is 11.9 Å². The lowest BCUT2D eigenvalue weighted by Gasteiger charge is -2.11. The van der Waals surface area contributed by atoms with Crippen LogP contribution in [-0.4, -0.2) is 39.6 Å². The number of nitrogens with two attached hydrogens (primary N) is 1. The first-order valence-electron chi connectivity index (χ1n) is 6.31. The number of carbonyl (C=O) groups excluding carboxylic acids is 1. The molecule has 106 valence electrons. The topological polar surface area (TPSA) is 110 Å². The van der Waals surface area contributed by atoms with Gasteiger partial charge in [0.2, 0.25) is 0 Å². The Morgan fingerprint density at radius 1 is 1.58 bits per heavy atom. The van der Waals surface area contributed by atoms with Crippen molar-refractivity contribution < 1.29 is 14.7 Å². The molecule has 0 aliphatic carbocycles. The number of nitrogens with zero attached hydrogens (tertiary/aromatic N) is 2. The van der Waals surface area contributed by atoms with Crippen LogP contribution in [-0.2, 0) is 11.3 Å². The number of rotatable bonds is 8. The molecule has 1 aromatic heterocycles. The Balaban J connectivity index is 2.51. The van der Waals surface area contributed by atoms with Crippen LogP contribution in [0.25, 0.3) is 0 Å². The van der Waals surface area contributed by atoms with E-state index in [1.807, 2.05) is 6.92 Å². The number of imidazole rings is 1. The first-order valence-corrected chi connectivity index (χ1v) is 6.31. The number of aromatic nitrogens is 2. The fourth-order valence-corrected chi connectivity index (χ4v) is 1.72. The Labute approximate surface area is 111 Å². The van der Waals surface area contributed by atoms with Crippen LogP contribution >= 0.6 is 0 Å². The highest BCUT2D eigenvalue weighted by Gasteiger charge is 2.18. The molecule has 0 fully saturated rings. The number of carboxylic acids is 1. The summed E-state index contributed by atoms with van der Waals surface area (Å²) >= 11 is 0. The monoisotopic (exact) mass is 268 g/mol. The number of carbonyl (C=O) groups is 2. The van der Waals surface area contributed by atoms with Gasteiger partial charge in [-0.25, -0.2) is 4.98 Å². The molecule has 4 N–H and O–H groups in total. The van der Waals surface area contributed by atoms with Gasteiger partial charge in [0.05, 0.1) is 12.2 Å². The van der Waals surface area contributed by atoms with Crippen LogP contribution in [0.1, 0.15) is 30.3 Å². The lowest BCUT2D eigenvalue weighted by atomic mass is 10.0. The van der Waals surface area contributed by atoms with E-state index in [1.165, 1.54) is 6.33 Å². The number of amides is 1. The zero-order chi connectivity index (χ0) is 14.3. The summed E-state index contributed by atoms with van der Waals surface area (Å²) in [6.45, 7) is 3.08. The van der Waals surface area contributed by atoms with Crippen LogP contribution in [0.15, 0.2) is 12.5 Å². The molecule has 1 heterocycles. The van der Waals surface area contributed by atoms with Gasteiger partial charge in [0.1, 0.15) is 5.69 Å². The maximum atomic E-state index is 11.8. The van der Waals surface area contributed by atoms with Crippen LogP contribution in [0.3, 0.4) is 0 Å². The molecule has 0 radical (unpaired) electrons. The standard InChI is InChI=1S/C12H20N4O3/c1-2-3-9(12(18)19)6-14-11(17)10-7-16(5-4-13)8-15-10/h7-9H,2-6,13H2,1H3,(H,14,17)(H,18,19). The summed E-state index contributed by atoms with van der Waals surface area (Å²) in [5.41, 5.74) is 5.67. The van der Waals surface area contributed by atoms with E-state index >= 15 is 0 Å². The smallest absolute Gasteiger partial charge is 0.308 e. The molecule has 19 heavy (non-hydrogen) atoms. The Kier molecular flexibility index (Phi) is 6.01. The van der Waals surface area contributed by atoms with Crippen molar-refractivity contribution in [2.45, 2.75) is 26.3 Å². The molecule has 0 aliphatic heterocycles. The van der Waals surface area contributed by atoms with Gasteiger partial charge in [0.15, 0.2) is 0 Å². The van der Waals surface area contributed by atoms with Crippen molar-refractivity contribution in [3.05, 3.63) is 18.2 Å². The number of hydrogen-bond donors (Lipinski definition) is 3. The van der Waals surface area contributed by atoms with Crippen LogP contribution < -0.4 is 11.1 Å². The van der Waals surface area contributed by atoms with E-state index in [2.05, 4.69) is 10.3 Å². The van der Waals surface area contributed by atoms with Crippen LogP contribution in [0.4, 0.5) is 0 Å². The molecule has 1 rings (SSSR count). The van der Waals surface area contributed by atoms with Crippen LogP contribution in [0, 0.1) is 5.92 Å². The zero-order valence-electron chi connectivity index (χ0n) is 11.0. The fraction of sp³-hybridized carbons (Fsp3) is 0.583.